The minimum Gasteiger partial charge on any atom is -1.00 e. The van der Waals surface area contributed by atoms with Crippen LogP contribution in [0.4, 0.5) is 0 Å². The molecule has 0 unspecified atom stereocenters. The fourth-order valence-corrected chi connectivity index (χ4v) is 0. The van der Waals surface area contributed by atoms with Gasteiger partial charge in [-0.05, 0) is 0 Å². The van der Waals surface area contributed by atoms with Gasteiger partial charge in [0.2, 0.25) is 0 Å². The first-order valence-corrected chi connectivity index (χ1v) is 0. The van der Waals surface area contributed by atoms with E-state index < -0.39 is 0 Å². The van der Waals surface area contributed by atoms with Crippen molar-refractivity contribution in [2.75, 3.05) is 0 Å². The quantitative estimate of drug-likeness (QED) is 0.380. The molecule has 0 heterocycles. The molecule has 0 aromatic rings. The second-order valence-corrected chi connectivity index (χ2v) is 0. The van der Waals surface area contributed by atoms with Crippen molar-refractivity contribution >= 4 is 37.7 Å². The van der Waals surface area contributed by atoms with Crippen LogP contribution in [-0.4, -0.2) is 37.7 Å². The van der Waals surface area contributed by atoms with Crippen molar-refractivity contribution < 1.29 is 31.8 Å². The Morgan fingerprint density at radius 3 is 0.750 bits per heavy atom. The van der Waals surface area contributed by atoms with Gasteiger partial charge in [0.05, 0.1) is 0 Å². The van der Waals surface area contributed by atoms with E-state index in [0.29, 0.717) is 0 Å². The Bertz CT molecular complexity index is 6.00. The normalized spacial score (nSPS) is 0. The minimum atomic E-state index is 0. The molecule has 0 amide bonds. The zero-order valence-electron chi connectivity index (χ0n) is 1.91. The smallest absolute Gasteiger partial charge is 1.00 e. The topological polar surface area (TPSA) is 0 Å². The van der Waals surface area contributed by atoms with E-state index in [9.17, 15) is 0 Å². The first-order valence-electron chi connectivity index (χ1n) is 0. The molecule has 0 fully saturated rings. The van der Waals surface area contributed by atoms with Gasteiger partial charge in [0.15, 0.2) is 0 Å². The maximum Gasteiger partial charge on any atom is 2.00 e. The molecule has 0 saturated heterocycles. The molecule has 0 aromatic heterocycles. The predicted molar refractivity (Wildman–Crippen MR) is 5.75 cm³/mol. The van der Waals surface area contributed by atoms with Gasteiger partial charge in [0.1, 0.15) is 0 Å². The molecular weight excluding hydrogens is 259 g/mol. The molecule has 0 aromatic carbocycles. The van der Waals surface area contributed by atoms with E-state index in [1.807, 2.05) is 0 Å². The van der Waals surface area contributed by atoms with Crippen molar-refractivity contribution in [3.63, 3.8) is 0 Å². The predicted octanol–water partition coefficient (Wildman–Crippen LogP) is -6.38. The minimum absolute atomic E-state index is 0. The summed E-state index contributed by atoms with van der Waals surface area (Å²) in [4.78, 5) is 0. The summed E-state index contributed by atoms with van der Waals surface area (Å²) in [6, 6.07) is 0. The van der Waals surface area contributed by atoms with Crippen molar-refractivity contribution in [1.29, 1.82) is 0 Å². The SMILES string of the molecule is [Ca+2].[F-].[F-].[Ta]. The second-order valence-electron chi connectivity index (χ2n) is 0. The zero-order valence-corrected chi connectivity index (χ0v) is 7.33. The molecule has 0 nitrogen and oxygen atoms in total. The summed E-state index contributed by atoms with van der Waals surface area (Å²) in [6.45, 7) is 0. The van der Waals surface area contributed by atoms with Crippen LogP contribution in [0.3, 0.4) is 0 Å². The van der Waals surface area contributed by atoms with Gasteiger partial charge in [-0.2, -0.15) is 0 Å². The summed E-state index contributed by atoms with van der Waals surface area (Å²) in [5.74, 6) is 0. The summed E-state index contributed by atoms with van der Waals surface area (Å²) in [6.07, 6.45) is 0. The molecule has 0 bridgehead atoms. The summed E-state index contributed by atoms with van der Waals surface area (Å²) in [5, 5.41) is 0. The Balaban J connectivity index is 0. The summed E-state index contributed by atoms with van der Waals surface area (Å²) >= 11 is 0. The molecule has 4 heteroatoms. The molecule has 0 aliphatic heterocycles. The van der Waals surface area contributed by atoms with E-state index in [2.05, 4.69) is 0 Å². The summed E-state index contributed by atoms with van der Waals surface area (Å²) in [7, 11) is 0. The van der Waals surface area contributed by atoms with E-state index in [1.54, 1.807) is 0 Å². The Labute approximate surface area is 68.6 Å². The van der Waals surface area contributed by atoms with Crippen LogP contribution in [0.5, 0.6) is 0 Å². The first-order chi connectivity index (χ1) is 0. The number of hydrogen-bond acceptors (Lipinski definition) is 0. The van der Waals surface area contributed by atoms with Crippen LogP contribution in [0.15, 0.2) is 0 Å². The van der Waals surface area contributed by atoms with Crippen molar-refractivity contribution in [3.8, 4) is 0 Å². The average Bonchev–Trinajstić information content (AvgIpc) is 0. The van der Waals surface area contributed by atoms with E-state index in [4.69, 9.17) is 0 Å². The van der Waals surface area contributed by atoms with Gasteiger partial charge >= 0.3 is 37.7 Å². The van der Waals surface area contributed by atoms with Crippen molar-refractivity contribution in [1.82, 2.24) is 0 Å². The van der Waals surface area contributed by atoms with Crippen molar-refractivity contribution in [3.05, 3.63) is 0 Å². The molecule has 0 spiro atoms. The molecule has 0 saturated carbocycles. The third-order valence-corrected chi connectivity index (χ3v) is 0. The van der Waals surface area contributed by atoms with Crippen LogP contribution in [0.2, 0.25) is 0 Å². The van der Waals surface area contributed by atoms with Crippen LogP contribution in [0.1, 0.15) is 0 Å². The van der Waals surface area contributed by atoms with E-state index >= 15 is 0 Å². The Kier molecular flexibility index (Phi) is 209. The number of halogens is 2. The van der Waals surface area contributed by atoms with Crippen LogP contribution in [-0.2, 0) is 22.4 Å². The molecule has 0 rings (SSSR count). The van der Waals surface area contributed by atoms with Gasteiger partial charge in [-0.3, -0.25) is 0 Å². The third-order valence-electron chi connectivity index (χ3n) is 0. The molecular formula is CaF2Ta. The van der Waals surface area contributed by atoms with E-state index in [-0.39, 0.29) is 69.5 Å². The second kappa shape index (κ2) is 20.9. The number of rotatable bonds is 0. The average molecular weight is 259 g/mol. The van der Waals surface area contributed by atoms with E-state index in [0.717, 1.165) is 0 Å². The maximum atomic E-state index is 0. The monoisotopic (exact) mass is 259 g/mol. The maximum absolute atomic E-state index is 0. The molecule has 0 N–H and O–H groups in total. The van der Waals surface area contributed by atoms with Gasteiger partial charge in [-0.25, -0.2) is 0 Å². The molecule has 21 valence electrons. The largest absolute Gasteiger partial charge is 2.00 e. The third kappa shape index (κ3) is 9.13. The number of hydrogen-bond donors (Lipinski definition) is 0. The van der Waals surface area contributed by atoms with Gasteiger partial charge in [0, 0.05) is 22.4 Å². The van der Waals surface area contributed by atoms with Gasteiger partial charge < -0.3 is 9.41 Å². The molecule has 0 aliphatic rings. The summed E-state index contributed by atoms with van der Waals surface area (Å²) in [5.41, 5.74) is 0. The fraction of sp³-hybridized carbons (Fsp3) is 0. The summed E-state index contributed by atoms with van der Waals surface area (Å²) < 4.78 is 0. The van der Waals surface area contributed by atoms with Crippen LogP contribution in [0, 0.1) is 0 Å². The Hall–Kier alpha value is 1.86. The fourth-order valence-electron chi connectivity index (χ4n) is 0. The first kappa shape index (κ1) is 40.0. The van der Waals surface area contributed by atoms with Gasteiger partial charge in [-0.1, -0.05) is 0 Å². The standard InChI is InChI=1S/Ca.2FH.Ta/h;2*1H;/q+2;;;/p-2. The van der Waals surface area contributed by atoms with E-state index in [1.165, 1.54) is 0 Å². The molecule has 4 heavy (non-hydrogen) atoms. The van der Waals surface area contributed by atoms with Crippen molar-refractivity contribution in [2.24, 2.45) is 0 Å². The van der Waals surface area contributed by atoms with Crippen LogP contribution < -0.4 is 9.41 Å². The zero-order chi connectivity index (χ0) is 0. The molecule has 0 atom stereocenters. The van der Waals surface area contributed by atoms with Gasteiger partial charge in [0.25, 0.3) is 0 Å². The van der Waals surface area contributed by atoms with Crippen LogP contribution in [0.25, 0.3) is 0 Å². The Morgan fingerprint density at radius 1 is 0.750 bits per heavy atom. The molecule has 1 radical (unpaired) electrons. The Morgan fingerprint density at radius 2 is 0.750 bits per heavy atom. The molecule has 0 aliphatic carbocycles. The van der Waals surface area contributed by atoms with Gasteiger partial charge in [-0.15, -0.1) is 0 Å². The van der Waals surface area contributed by atoms with Crippen molar-refractivity contribution in [2.45, 2.75) is 0 Å². The van der Waals surface area contributed by atoms with Crippen LogP contribution >= 0.6 is 0 Å².